The van der Waals surface area contributed by atoms with Gasteiger partial charge in [0.05, 0.1) is 33.4 Å². The largest absolute Gasteiger partial charge is 0.203 e. The fraction of sp³-hybridized carbons (Fsp3) is 0. The summed E-state index contributed by atoms with van der Waals surface area (Å²) in [6.07, 6.45) is 0. The first-order valence-electron chi connectivity index (χ1n) is 19.2. The van der Waals surface area contributed by atoms with Crippen molar-refractivity contribution >= 4 is 21.5 Å². The average Bonchev–Trinajstić information content (AvgIpc) is 3.34. The molecule has 68 heavy (non-hydrogen) atoms. The van der Waals surface area contributed by atoms with Gasteiger partial charge >= 0.3 is 0 Å². The van der Waals surface area contributed by atoms with Crippen LogP contribution in [0.5, 0.6) is 0 Å². The van der Waals surface area contributed by atoms with Gasteiger partial charge < -0.3 is 0 Å². The lowest BCUT2D eigenvalue weighted by Gasteiger charge is -2.22. The van der Waals surface area contributed by atoms with Gasteiger partial charge in [-0.05, 0) is 67.1 Å². The first kappa shape index (κ1) is 45.4. The molecule has 9 rings (SSSR count). The van der Waals surface area contributed by atoms with Crippen LogP contribution in [-0.2, 0) is 0 Å². The number of halogens is 18. The third-order valence-electron chi connectivity index (χ3n) is 11.3. The molecule has 0 fully saturated rings. The lowest BCUT2D eigenvalue weighted by molar-refractivity contribution is 0.379. The molecule has 0 spiro atoms. The highest BCUT2D eigenvalue weighted by molar-refractivity contribution is 6.07. The molecule has 9 aromatic rings. The average molecular weight is 959 g/mol. The molecule has 0 radical (unpaired) electrons. The molecule has 0 aliphatic rings. The van der Waals surface area contributed by atoms with Crippen LogP contribution in [0, 0.1) is 105 Å². The molecule has 342 valence electrons. The van der Waals surface area contributed by atoms with Crippen LogP contribution in [0.15, 0.2) is 97.1 Å². The van der Waals surface area contributed by atoms with E-state index in [4.69, 9.17) is 0 Å². The summed E-state index contributed by atoms with van der Waals surface area (Å²) in [5, 5.41) is 1.12. The number of hydrogen-bond acceptors (Lipinski definition) is 0. The second-order valence-electron chi connectivity index (χ2n) is 14.9. The van der Waals surface area contributed by atoms with E-state index in [1.165, 1.54) is 72.8 Å². The van der Waals surface area contributed by atoms with Gasteiger partial charge in [-0.1, -0.05) is 84.9 Å². The van der Waals surface area contributed by atoms with Crippen molar-refractivity contribution in [1.82, 2.24) is 0 Å². The van der Waals surface area contributed by atoms with Gasteiger partial charge in [0.25, 0.3) is 0 Å². The van der Waals surface area contributed by atoms with Crippen LogP contribution in [0.1, 0.15) is 0 Å². The summed E-state index contributed by atoms with van der Waals surface area (Å²) in [7, 11) is 0. The van der Waals surface area contributed by atoms with Crippen LogP contribution in [0.2, 0.25) is 0 Å². The Morgan fingerprint density at radius 2 is 0.397 bits per heavy atom. The van der Waals surface area contributed by atoms with E-state index in [1.54, 1.807) is 12.1 Å². The highest BCUT2D eigenvalue weighted by Gasteiger charge is 2.38. The summed E-state index contributed by atoms with van der Waals surface area (Å²) in [6, 6.07) is 21.5. The number of benzene rings is 9. The SMILES string of the molecule is Fc1c(F)c(F)c(-c2c(F)c(F)c(-c3cc(-c4c(F)c(F)c(-c5c(F)c(F)c(F)c(F)c5F)c(F)c4F)c(-c4cccc5ccccc45)cc3-c3cccc4ccccc34)c(F)c2F)c(F)c1F. The van der Waals surface area contributed by atoms with Crippen LogP contribution in [0.4, 0.5) is 79.0 Å². The molecule has 0 unspecified atom stereocenters. The van der Waals surface area contributed by atoms with Crippen molar-refractivity contribution in [1.29, 1.82) is 0 Å². The zero-order valence-corrected chi connectivity index (χ0v) is 33.0. The molecule has 0 nitrogen and oxygen atoms in total. The van der Waals surface area contributed by atoms with Gasteiger partial charge in [0.2, 0.25) is 11.6 Å². The van der Waals surface area contributed by atoms with E-state index in [9.17, 15) is 43.9 Å². The van der Waals surface area contributed by atoms with Gasteiger partial charge in [0, 0.05) is 0 Å². The Labute approximate surface area is 368 Å². The van der Waals surface area contributed by atoms with Crippen molar-refractivity contribution < 1.29 is 79.0 Å². The van der Waals surface area contributed by atoms with E-state index < -0.39 is 160 Å². The Kier molecular flexibility index (Phi) is 11.0. The molecular weight excluding hydrogens is 943 g/mol. The van der Waals surface area contributed by atoms with Crippen LogP contribution in [-0.4, -0.2) is 0 Å². The predicted octanol–water partition coefficient (Wildman–Crippen LogP) is 16.5. The van der Waals surface area contributed by atoms with Gasteiger partial charge in [-0.25, -0.2) is 79.0 Å². The molecule has 0 aromatic heterocycles. The highest BCUT2D eigenvalue weighted by atomic mass is 19.2. The molecule has 0 bridgehead atoms. The van der Waals surface area contributed by atoms with Crippen molar-refractivity contribution in [3.05, 3.63) is 202 Å². The van der Waals surface area contributed by atoms with Gasteiger partial charge in [-0.15, -0.1) is 0 Å². The summed E-state index contributed by atoms with van der Waals surface area (Å²) in [4.78, 5) is 0. The molecule has 0 saturated heterocycles. The number of rotatable bonds is 6. The smallest absolute Gasteiger partial charge is 0.200 e. The lowest BCUT2D eigenvalue weighted by Crippen LogP contribution is -2.11. The molecule has 18 heteroatoms. The Balaban J connectivity index is 1.47. The van der Waals surface area contributed by atoms with Crippen molar-refractivity contribution in [2.75, 3.05) is 0 Å². The van der Waals surface area contributed by atoms with Crippen LogP contribution < -0.4 is 0 Å². The lowest BCUT2D eigenvalue weighted by atomic mass is 9.82. The Morgan fingerprint density at radius 1 is 0.176 bits per heavy atom. The summed E-state index contributed by atoms with van der Waals surface area (Å²) in [6.45, 7) is 0. The van der Waals surface area contributed by atoms with E-state index in [-0.39, 0.29) is 21.9 Å². The highest BCUT2D eigenvalue weighted by Crippen LogP contribution is 2.50. The fourth-order valence-corrected chi connectivity index (χ4v) is 8.20. The third-order valence-corrected chi connectivity index (χ3v) is 11.3. The molecule has 0 heterocycles. The van der Waals surface area contributed by atoms with E-state index in [2.05, 4.69) is 0 Å². The molecule has 0 aliphatic heterocycles. The Bertz CT molecular complexity index is 3310. The topological polar surface area (TPSA) is 0 Å². The standard InChI is InChI=1S/C50H16F18/c51-33-27(34(52)38(56)29(37(33)55)31-41(59)45(63)49(67)46(64)42(31)60)25-16-26(28-35(53)39(57)30(40(58)36(28)54)32-43(61)47(65)50(68)48(66)44(32)62)24(22-14-6-10-18-8-2-4-12-20(18)22)15-23(25)21-13-5-9-17-7-1-3-11-19(17)21/h1-16H. The maximum atomic E-state index is 16.8. The van der Waals surface area contributed by atoms with Crippen molar-refractivity contribution in [2.45, 2.75) is 0 Å². The van der Waals surface area contributed by atoms with E-state index >= 15 is 35.1 Å². The minimum Gasteiger partial charge on any atom is -0.203 e. The molecule has 0 amide bonds. The van der Waals surface area contributed by atoms with Gasteiger partial charge in [-0.3, -0.25) is 0 Å². The zero-order valence-electron chi connectivity index (χ0n) is 33.0. The number of fused-ring (bicyclic) bond motifs is 2. The quantitative estimate of drug-likeness (QED) is 0.0885. The maximum Gasteiger partial charge on any atom is 0.200 e. The van der Waals surface area contributed by atoms with E-state index in [0.717, 1.165) is 6.07 Å². The van der Waals surface area contributed by atoms with Crippen LogP contribution >= 0.6 is 0 Å². The van der Waals surface area contributed by atoms with Gasteiger partial charge in [-0.2, -0.15) is 0 Å². The van der Waals surface area contributed by atoms with Crippen molar-refractivity contribution in [3.63, 3.8) is 0 Å². The Morgan fingerprint density at radius 3 is 0.706 bits per heavy atom. The summed E-state index contributed by atoms with van der Waals surface area (Å²) >= 11 is 0. The maximum absolute atomic E-state index is 16.8. The molecule has 0 atom stereocenters. The second kappa shape index (κ2) is 16.5. The second-order valence-corrected chi connectivity index (χ2v) is 14.9. The van der Waals surface area contributed by atoms with Crippen LogP contribution in [0.3, 0.4) is 0 Å². The third kappa shape index (κ3) is 6.58. The van der Waals surface area contributed by atoms with Crippen molar-refractivity contribution in [2.24, 2.45) is 0 Å². The molecule has 0 N–H and O–H groups in total. The predicted molar refractivity (Wildman–Crippen MR) is 213 cm³/mol. The minimum absolute atomic E-state index is 0.102. The van der Waals surface area contributed by atoms with E-state index in [0.29, 0.717) is 16.8 Å². The summed E-state index contributed by atoms with van der Waals surface area (Å²) < 4.78 is 277. The molecular formula is C50H16F18. The monoisotopic (exact) mass is 958 g/mol. The van der Waals surface area contributed by atoms with Gasteiger partial charge in [0.15, 0.2) is 93.1 Å². The fourth-order valence-electron chi connectivity index (χ4n) is 8.20. The summed E-state index contributed by atoms with van der Waals surface area (Å²) in [5.74, 6) is -50.1. The molecule has 0 aliphatic carbocycles. The summed E-state index contributed by atoms with van der Waals surface area (Å²) in [5.41, 5.74) is -17.2. The first-order chi connectivity index (χ1) is 32.3. The van der Waals surface area contributed by atoms with Gasteiger partial charge in [0.1, 0.15) is 0 Å². The van der Waals surface area contributed by atoms with Crippen LogP contribution in [0.25, 0.3) is 88.3 Å². The van der Waals surface area contributed by atoms with E-state index in [1.807, 2.05) is 0 Å². The normalized spacial score (nSPS) is 11.7. The Hall–Kier alpha value is -7.76. The molecule has 9 aromatic carbocycles. The minimum atomic E-state index is -2.86. The first-order valence-corrected chi connectivity index (χ1v) is 19.2. The zero-order chi connectivity index (χ0) is 48.9. The van der Waals surface area contributed by atoms with Crippen molar-refractivity contribution in [3.8, 4) is 66.8 Å². The number of hydrogen-bond donors (Lipinski definition) is 0. The molecule has 0 saturated carbocycles.